The summed E-state index contributed by atoms with van der Waals surface area (Å²) < 4.78 is 34.3. The quantitative estimate of drug-likeness (QED) is 0.0199. The van der Waals surface area contributed by atoms with Crippen LogP contribution >= 0.6 is 0 Å². The Balaban J connectivity index is 1.37. The summed E-state index contributed by atoms with van der Waals surface area (Å²) in [5.74, 6) is -0.295. The SMILES string of the molecule is CCCC/C=C\CCCCCCCC(=O)NC(COC1OC(CO)C(OC2OC(CO)C(OC3OC(CO)C(O)C(O)C3O)C(O)C2O)C(O)C1O)C(O)/C=C/CC/C=C/CCCCCCCCCCCCCCCCCCCCCCCCCCCC. The molecule has 3 saturated heterocycles. The molecule has 19 nitrogen and oxygen atoms in total. The zero-order valence-corrected chi connectivity index (χ0v) is 54.5. The third-order valence-corrected chi connectivity index (χ3v) is 17.7. The van der Waals surface area contributed by atoms with Crippen LogP contribution in [-0.4, -0.2) is 193 Å². The van der Waals surface area contributed by atoms with Gasteiger partial charge in [-0.3, -0.25) is 4.79 Å². The Morgan fingerprint density at radius 3 is 1.17 bits per heavy atom. The van der Waals surface area contributed by atoms with Crippen molar-refractivity contribution in [2.24, 2.45) is 0 Å². The third kappa shape index (κ3) is 33.2. The summed E-state index contributed by atoms with van der Waals surface area (Å²) in [5, 5.41) is 120. The number of allylic oxidation sites excluding steroid dienone is 5. The number of hydrogen-bond acceptors (Lipinski definition) is 18. The lowest BCUT2D eigenvalue weighted by atomic mass is 9.96. The number of rotatable bonds is 54. The maximum atomic E-state index is 13.3. The Labute approximate surface area is 530 Å². The van der Waals surface area contributed by atoms with E-state index in [9.17, 15) is 61.0 Å². The molecule has 0 radical (unpaired) electrons. The molecule has 12 N–H and O–H groups in total. The van der Waals surface area contributed by atoms with Crippen LogP contribution in [0.3, 0.4) is 0 Å². The molecule has 0 bridgehead atoms. The molecule has 3 rings (SSSR count). The van der Waals surface area contributed by atoms with Gasteiger partial charge in [-0.25, -0.2) is 0 Å². The van der Waals surface area contributed by atoms with E-state index in [4.69, 9.17) is 28.4 Å². The Hall–Kier alpha value is -1.99. The van der Waals surface area contributed by atoms with Gasteiger partial charge in [0.1, 0.15) is 73.2 Å². The summed E-state index contributed by atoms with van der Waals surface area (Å²) in [5.41, 5.74) is 0. The molecule has 3 fully saturated rings. The molecule has 19 heteroatoms. The molecule has 516 valence electrons. The van der Waals surface area contributed by atoms with E-state index >= 15 is 0 Å². The molecule has 0 aromatic heterocycles. The van der Waals surface area contributed by atoms with Gasteiger partial charge >= 0.3 is 0 Å². The van der Waals surface area contributed by atoms with Crippen molar-refractivity contribution in [3.05, 3.63) is 36.5 Å². The van der Waals surface area contributed by atoms with E-state index in [2.05, 4.69) is 43.5 Å². The molecule has 0 aliphatic carbocycles. The van der Waals surface area contributed by atoms with Crippen molar-refractivity contribution in [1.82, 2.24) is 5.32 Å². The lowest BCUT2D eigenvalue weighted by Crippen LogP contribution is -2.66. The van der Waals surface area contributed by atoms with Gasteiger partial charge < -0.3 is 89.9 Å². The van der Waals surface area contributed by atoms with Gasteiger partial charge in [0, 0.05) is 6.42 Å². The molecular formula is C69H127NO18. The van der Waals surface area contributed by atoms with Gasteiger partial charge in [-0.05, 0) is 51.4 Å². The minimum atomic E-state index is -1.98. The minimum absolute atomic E-state index is 0.225. The summed E-state index contributed by atoms with van der Waals surface area (Å²) in [6, 6.07) is -0.993. The fourth-order valence-electron chi connectivity index (χ4n) is 11.9. The Kier molecular flexibility index (Phi) is 46.9. The Bertz CT molecular complexity index is 1740. The third-order valence-electron chi connectivity index (χ3n) is 17.7. The summed E-state index contributed by atoms with van der Waals surface area (Å²) in [6.07, 6.45) is 33.1. The number of amides is 1. The van der Waals surface area contributed by atoms with Crippen molar-refractivity contribution >= 4 is 5.91 Å². The van der Waals surface area contributed by atoms with E-state index in [-0.39, 0.29) is 18.9 Å². The first-order valence-electron chi connectivity index (χ1n) is 35.2. The predicted molar refractivity (Wildman–Crippen MR) is 342 cm³/mol. The van der Waals surface area contributed by atoms with Crippen LogP contribution in [0.1, 0.15) is 264 Å². The van der Waals surface area contributed by atoms with Gasteiger partial charge in [-0.2, -0.15) is 0 Å². The zero-order chi connectivity index (χ0) is 64.0. The maximum absolute atomic E-state index is 13.3. The van der Waals surface area contributed by atoms with Gasteiger partial charge in [0.2, 0.25) is 5.91 Å². The zero-order valence-electron chi connectivity index (χ0n) is 54.5. The molecule has 17 atom stereocenters. The van der Waals surface area contributed by atoms with E-state index in [1.165, 1.54) is 173 Å². The number of nitrogens with one attached hydrogen (secondary N) is 1. The van der Waals surface area contributed by atoms with Crippen LogP contribution in [0, 0.1) is 0 Å². The first-order chi connectivity index (χ1) is 42.8. The topological polar surface area (TPSA) is 307 Å². The second-order valence-corrected chi connectivity index (χ2v) is 25.3. The summed E-state index contributed by atoms with van der Waals surface area (Å²) in [7, 11) is 0. The van der Waals surface area contributed by atoms with Crippen LogP contribution in [0.25, 0.3) is 0 Å². The molecule has 0 saturated carbocycles. The molecule has 0 aromatic rings. The van der Waals surface area contributed by atoms with Gasteiger partial charge in [-0.1, -0.05) is 243 Å². The highest BCUT2D eigenvalue weighted by atomic mass is 16.8. The van der Waals surface area contributed by atoms with E-state index < -0.39 is 124 Å². The normalized spacial score (nSPS) is 28.6. The van der Waals surface area contributed by atoms with Crippen molar-refractivity contribution in [2.75, 3.05) is 26.4 Å². The number of hydrogen-bond donors (Lipinski definition) is 12. The van der Waals surface area contributed by atoms with Crippen LogP contribution in [0.15, 0.2) is 36.5 Å². The van der Waals surface area contributed by atoms with E-state index in [1.807, 2.05) is 6.08 Å². The van der Waals surface area contributed by atoms with Gasteiger partial charge in [0.25, 0.3) is 0 Å². The molecule has 3 heterocycles. The molecule has 1 amide bonds. The minimum Gasteiger partial charge on any atom is -0.394 e. The van der Waals surface area contributed by atoms with Crippen molar-refractivity contribution < 1.29 is 89.4 Å². The number of unbranched alkanes of at least 4 members (excludes halogenated alkanes) is 34. The average Bonchev–Trinajstić information content (AvgIpc) is 2.16. The Morgan fingerprint density at radius 1 is 0.398 bits per heavy atom. The van der Waals surface area contributed by atoms with Gasteiger partial charge in [-0.15, -0.1) is 0 Å². The van der Waals surface area contributed by atoms with Crippen molar-refractivity contribution in [3.63, 3.8) is 0 Å². The number of aliphatic hydroxyl groups excluding tert-OH is 11. The fourth-order valence-corrected chi connectivity index (χ4v) is 11.9. The largest absolute Gasteiger partial charge is 0.394 e. The number of carbonyl (C=O) groups is 1. The van der Waals surface area contributed by atoms with Gasteiger partial charge in [0.15, 0.2) is 18.9 Å². The summed E-state index contributed by atoms with van der Waals surface area (Å²) in [6.45, 7) is 1.67. The molecule has 3 aliphatic rings. The van der Waals surface area contributed by atoms with Crippen LogP contribution in [0.5, 0.6) is 0 Å². The molecule has 17 unspecified atom stereocenters. The van der Waals surface area contributed by atoms with Gasteiger partial charge in [0.05, 0.1) is 38.6 Å². The predicted octanol–water partition coefficient (Wildman–Crippen LogP) is 9.22. The number of carbonyl (C=O) groups excluding carboxylic acids is 1. The van der Waals surface area contributed by atoms with Crippen LogP contribution in [-0.2, 0) is 33.2 Å². The lowest BCUT2D eigenvalue weighted by molar-refractivity contribution is -0.379. The van der Waals surface area contributed by atoms with Crippen LogP contribution < -0.4 is 5.32 Å². The van der Waals surface area contributed by atoms with E-state index in [0.29, 0.717) is 12.8 Å². The van der Waals surface area contributed by atoms with Crippen molar-refractivity contribution in [2.45, 2.75) is 369 Å². The molecule has 3 aliphatic heterocycles. The molecule has 0 spiro atoms. The monoisotopic (exact) mass is 1260 g/mol. The van der Waals surface area contributed by atoms with Crippen molar-refractivity contribution in [3.8, 4) is 0 Å². The smallest absolute Gasteiger partial charge is 0.220 e. The van der Waals surface area contributed by atoms with E-state index in [1.54, 1.807) is 6.08 Å². The first-order valence-corrected chi connectivity index (χ1v) is 35.2. The van der Waals surface area contributed by atoms with E-state index in [0.717, 1.165) is 57.8 Å². The maximum Gasteiger partial charge on any atom is 0.220 e. The Morgan fingerprint density at radius 2 is 0.739 bits per heavy atom. The average molecular weight is 1260 g/mol. The number of aliphatic hydroxyl groups is 11. The second kappa shape index (κ2) is 51.4. The highest BCUT2D eigenvalue weighted by Gasteiger charge is 2.53. The van der Waals surface area contributed by atoms with Crippen LogP contribution in [0.4, 0.5) is 0 Å². The fraction of sp³-hybridized carbons (Fsp3) is 0.899. The lowest BCUT2D eigenvalue weighted by Gasteiger charge is -2.48. The molecule has 88 heavy (non-hydrogen) atoms. The second-order valence-electron chi connectivity index (χ2n) is 25.3. The first kappa shape index (κ1) is 80.2. The van der Waals surface area contributed by atoms with Crippen molar-refractivity contribution in [1.29, 1.82) is 0 Å². The molecular weight excluding hydrogens is 1130 g/mol. The summed E-state index contributed by atoms with van der Waals surface area (Å²) in [4.78, 5) is 13.3. The highest BCUT2D eigenvalue weighted by Crippen LogP contribution is 2.33. The molecule has 0 aromatic carbocycles. The summed E-state index contributed by atoms with van der Waals surface area (Å²) >= 11 is 0. The number of ether oxygens (including phenoxy) is 6. The standard InChI is InChI=1S/C69H127NO18/c1-3-5-7-9-11-13-15-16-17-18-19-20-21-22-23-24-25-26-27-28-29-30-31-32-33-34-35-37-38-40-42-44-46-53(74)52(70-57(75)47-45-43-41-39-36-14-12-10-8-6-4-2)51-83-67-63(81)60(78)65(55(49-72)85-67)88-69-64(82)61(79)66(56(50-73)86-69)87-68-62(80)59(77)58(76)54(48-71)84-68/h10,12,37-38,44,46,52-56,58-69,71-74,76-82H,3-9,11,13-36,39-43,45,47-51H2,1-2H3,(H,70,75)/b12-10-,38-37+,46-44+. The van der Waals surface area contributed by atoms with Crippen LogP contribution in [0.2, 0.25) is 0 Å². The highest BCUT2D eigenvalue weighted by molar-refractivity contribution is 5.76.